The highest BCUT2D eigenvalue weighted by Gasteiger charge is 2.07. The van der Waals surface area contributed by atoms with Crippen LogP contribution in [0.25, 0.3) is 11.0 Å². The number of H-pyrrole nitrogens is 1. The van der Waals surface area contributed by atoms with Gasteiger partial charge >= 0.3 is 5.97 Å². The Morgan fingerprint density at radius 1 is 1.40 bits per heavy atom. The van der Waals surface area contributed by atoms with Crippen molar-refractivity contribution in [3.8, 4) is 5.75 Å². The smallest absolute Gasteiger partial charge is 0.311 e. The van der Waals surface area contributed by atoms with Crippen molar-refractivity contribution < 1.29 is 14.6 Å². The molecule has 0 aliphatic rings. The number of nitrogens with zero attached hydrogens (tertiary/aromatic N) is 1. The Labute approximate surface area is 118 Å². The fourth-order valence-corrected chi connectivity index (χ4v) is 1.97. The molecule has 0 aliphatic carbocycles. The first-order valence-corrected chi connectivity index (χ1v) is 7.03. The molecule has 0 bridgehead atoms. The number of nitrogens with one attached hydrogen (secondary N) is 1. The maximum atomic E-state index is 11.6. The third-order valence-corrected chi connectivity index (χ3v) is 3.04. The van der Waals surface area contributed by atoms with Crippen LogP contribution in [-0.4, -0.2) is 27.7 Å². The van der Waals surface area contributed by atoms with Crippen molar-refractivity contribution in [2.75, 3.05) is 6.61 Å². The average Bonchev–Trinajstić information content (AvgIpc) is 2.85. The fourth-order valence-electron chi connectivity index (χ4n) is 1.97. The van der Waals surface area contributed by atoms with Gasteiger partial charge in [-0.05, 0) is 25.0 Å². The van der Waals surface area contributed by atoms with Gasteiger partial charge in [-0.1, -0.05) is 13.3 Å². The summed E-state index contributed by atoms with van der Waals surface area (Å²) in [6.07, 6.45) is 3.65. The number of imidazole rings is 1. The third-order valence-electron chi connectivity index (χ3n) is 3.04. The highest BCUT2D eigenvalue weighted by Crippen LogP contribution is 2.20. The van der Waals surface area contributed by atoms with Crippen molar-refractivity contribution in [1.29, 1.82) is 0 Å². The van der Waals surface area contributed by atoms with Gasteiger partial charge in [-0.15, -0.1) is 0 Å². The Kier molecular flexibility index (Phi) is 5.12. The minimum Gasteiger partial charge on any atom is -0.426 e. The lowest BCUT2D eigenvalue weighted by atomic mass is 10.2. The minimum atomic E-state index is -0.203. The fraction of sp³-hybridized carbons (Fsp3) is 0.467. The number of ether oxygens (including phenoxy) is 1. The number of aliphatic hydroxyl groups is 1. The second-order valence-corrected chi connectivity index (χ2v) is 4.77. The van der Waals surface area contributed by atoms with Crippen LogP contribution in [0.1, 0.15) is 38.4 Å². The summed E-state index contributed by atoms with van der Waals surface area (Å²) in [7, 11) is 0. The predicted octanol–water partition coefficient (Wildman–Crippen LogP) is 2.58. The van der Waals surface area contributed by atoms with Crippen LogP contribution in [0.4, 0.5) is 0 Å². The number of unbranched alkanes of at least 4 members (excludes halogenated alkanes) is 1. The first-order chi connectivity index (χ1) is 9.72. The largest absolute Gasteiger partial charge is 0.426 e. The molecule has 0 spiro atoms. The van der Waals surface area contributed by atoms with Crippen LogP contribution in [0.15, 0.2) is 18.2 Å². The Morgan fingerprint density at radius 2 is 2.25 bits per heavy atom. The number of aliphatic hydroxyl groups excluding tert-OH is 1. The zero-order valence-electron chi connectivity index (χ0n) is 11.7. The molecule has 0 radical (unpaired) electrons. The molecule has 5 heteroatoms. The van der Waals surface area contributed by atoms with E-state index in [0.29, 0.717) is 25.0 Å². The molecule has 0 amide bonds. The highest BCUT2D eigenvalue weighted by molar-refractivity contribution is 5.79. The number of hydrogen-bond donors (Lipinski definition) is 2. The standard InChI is InChI=1S/C15H20N2O3/c1-2-3-6-15(19)20-11-7-8-12-13(10-11)17-14(16-12)5-4-9-18/h7-8,10,18H,2-6,9H2,1H3,(H,16,17). The molecule has 0 atom stereocenters. The van der Waals surface area contributed by atoms with Crippen molar-refractivity contribution >= 4 is 17.0 Å². The first kappa shape index (κ1) is 14.5. The summed E-state index contributed by atoms with van der Waals surface area (Å²) < 4.78 is 5.29. The normalized spacial score (nSPS) is 10.9. The van der Waals surface area contributed by atoms with Crippen LogP contribution in [0.3, 0.4) is 0 Å². The molecule has 20 heavy (non-hydrogen) atoms. The lowest BCUT2D eigenvalue weighted by Gasteiger charge is -2.03. The molecular formula is C15H20N2O3. The van der Waals surface area contributed by atoms with E-state index in [2.05, 4.69) is 9.97 Å². The summed E-state index contributed by atoms with van der Waals surface area (Å²) in [6.45, 7) is 2.19. The average molecular weight is 276 g/mol. The van der Waals surface area contributed by atoms with Crippen LogP contribution in [0, 0.1) is 0 Å². The molecule has 2 N–H and O–H groups in total. The molecule has 1 aromatic carbocycles. The molecule has 0 unspecified atom stereocenters. The Balaban J connectivity index is 2.06. The highest BCUT2D eigenvalue weighted by atomic mass is 16.5. The number of aromatic nitrogens is 2. The topological polar surface area (TPSA) is 75.2 Å². The number of carbonyl (C=O) groups excluding carboxylic acids is 1. The van der Waals surface area contributed by atoms with Crippen LogP contribution in [-0.2, 0) is 11.2 Å². The minimum absolute atomic E-state index is 0.150. The number of aryl methyl sites for hydroxylation is 1. The molecule has 0 aliphatic heterocycles. The molecule has 5 nitrogen and oxygen atoms in total. The quantitative estimate of drug-likeness (QED) is 0.602. The van der Waals surface area contributed by atoms with Gasteiger partial charge in [-0.2, -0.15) is 0 Å². The van der Waals surface area contributed by atoms with Gasteiger partial charge in [-0.25, -0.2) is 4.98 Å². The van der Waals surface area contributed by atoms with E-state index in [-0.39, 0.29) is 12.6 Å². The number of fused-ring (bicyclic) bond motifs is 1. The van der Waals surface area contributed by atoms with E-state index in [1.807, 2.05) is 13.0 Å². The Hall–Kier alpha value is -1.88. The van der Waals surface area contributed by atoms with E-state index in [4.69, 9.17) is 9.84 Å². The second-order valence-electron chi connectivity index (χ2n) is 4.77. The van der Waals surface area contributed by atoms with E-state index in [0.717, 1.165) is 29.7 Å². The Bertz CT molecular complexity index is 578. The van der Waals surface area contributed by atoms with E-state index in [9.17, 15) is 4.79 Å². The van der Waals surface area contributed by atoms with Gasteiger partial charge in [-0.3, -0.25) is 4.79 Å². The number of carbonyl (C=O) groups is 1. The van der Waals surface area contributed by atoms with Crippen LogP contribution in [0.2, 0.25) is 0 Å². The van der Waals surface area contributed by atoms with Crippen LogP contribution >= 0.6 is 0 Å². The van der Waals surface area contributed by atoms with Gasteiger partial charge in [0.25, 0.3) is 0 Å². The van der Waals surface area contributed by atoms with Crippen molar-refractivity contribution in [2.45, 2.75) is 39.0 Å². The van der Waals surface area contributed by atoms with Gasteiger partial charge in [0, 0.05) is 25.5 Å². The number of hydrogen-bond acceptors (Lipinski definition) is 4. The molecule has 108 valence electrons. The molecular weight excluding hydrogens is 256 g/mol. The van der Waals surface area contributed by atoms with E-state index >= 15 is 0 Å². The Morgan fingerprint density at radius 3 is 3.00 bits per heavy atom. The molecule has 0 fully saturated rings. The summed E-state index contributed by atoms with van der Waals surface area (Å²) in [4.78, 5) is 19.2. The SMILES string of the molecule is CCCCC(=O)Oc1ccc2nc(CCCO)[nH]c2c1. The predicted molar refractivity (Wildman–Crippen MR) is 76.7 cm³/mol. The summed E-state index contributed by atoms with van der Waals surface area (Å²) >= 11 is 0. The van der Waals surface area contributed by atoms with Crippen LogP contribution in [0.5, 0.6) is 5.75 Å². The van der Waals surface area contributed by atoms with Gasteiger partial charge in [0.2, 0.25) is 0 Å². The summed E-state index contributed by atoms with van der Waals surface area (Å²) in [5.41, 5.74) is 1.69. The van der Waals surface area contributed by atoms with Crippen molar-refractivity contribution in [3.05, 3.63) is 24.0 Å². The molecule has 2 rings (SSSR count). The molecule has 1 heterocycles. The molecule has 0 saturated carbocycles. The summed E-state index contributed by atoms with van der Waals surface area (Å²) in [5.74, 6) is 1.17. The van der Waals surface area contributed by atoms with E-state index in [1.165, 1.54) is 0 Å². The maximum Gasteiger partial charge on any atom is 0.311 e. The summed E-state index contributed by atoms with van der Waals surface area (Å²) in [5, 5.41) is 8.82. The third kappa shape index (κ3) is 3.81. The monoisotopic (exact) mass is 276 g/mol. The van der Waals surface area contributed by atoms with Crippen LogP contribution < -0.4 is 4.74 Å². The molecule has 0 saturated heterocycles. The van der Waals surface area contributed by atoms with Gasteiger partial charge < -0.3 is 14.8 Å². The lowest BCUT2D eigenvalue weighted by Crippen LogP contribution is -2.07. The molecule has 2 aromatic rings. The second kappa shape index (κ2) is 7.05. The van der Waals surface area contributed by atoms with Crippen molar-refractivity contribution in [2.24, 2.45) is 0 Å². The maximum absolute atomic E-state index is 11.6. The van der Waals surface area contributed by atoms with Gasteiger partial charge in [0.1, 0.15) is 11.6 Å². The zero-order chi connectivity index (χ0) is 14.4. The number of benzene rings is 1. The van der Waals surface area contributed by atoms with E-state index in [1.54, 1.807) is 12.1 Å². The number of aromatic amines is 1. The van der Waals surface area contributed by atoms with E-state index < -0.39 is 0 Å². The van der Waals surface area contributed by atoms with Crippen molar-refractivity contribution in [3.63, 3.8) is 0 Å². The van der Waals surface area contributed by atoms with Gasteiger partial charge in [0.15, 0.2) is 0 Å². The number of esters is 1. The molecule has 1 aromatic heterocycles. The number of rotatable bonds is 7. The zero-order valence-corrected chi connectivity index (χ0v) is 11.7. The van der Waals surface area contributed by atoms with Gasteiger partial charge in [0.05, 0.1) is 11.0 Å². The van der Waals surface area contributed by atoms with Crippen molar-refractivity contribution in [1.82, 2.24) is 9.97 Å². The first-order valence-electron chi connectivity index (χ1n) is 7.03. The summed E-state index contributed by atoms with van der Waals surface area (Å²) in [6, 6.07) is 5.37. The lowest BCUT2D eigenvalue weighted by molar-refractivity contribution is -0.134.